The molecule has 0 amide bonds. The summed E-state index contributed by atoms with van der Waals surface area (Å²) >= 11 is 0. The lowest BCUT2D eigenvalue weighted by molar-refractivity contribution is -0.146. The second-order valence-corrected chi connectivity index (χ2v) is 27.4. The Hall–Kier alpha value is -13.2. The van der Waals surface area contributed by atoms with E-state index in [1.807, 2.05) is 0 Å². The van der Waals surface area contributed by atoms with E-state index in [0.717, 1.165) is 0 Å². The Morgan fingerprint density at radius 3 is 0.532 bits per heavy atom. The average molecular weight is 1720 g/mol. The summed E-state index contributed by atoms with van der Waals surface area (Å²) < 4.78 is 124. The number of hydrogen-bond donors (Lipinski definition) is 0. The highest BCUT2D eigenvalue weighted by Gasteiger charge is 2.37. The van der Waals surface area contributed by atoms with Crippen molar-refractivity contribution in [1.82, 2.24) is 19.9 Å². The van der Waals surface area contributed by atoms with Gasteiger partial charge >= 0.3 is 47.8 Å². The van der Waals surface area contributed by atoms with Crippen molar-refractivity contribution in [3.63, 3.8) is 0 Å². The van der Waals surface area contributed by atoms with Gasteiger partial charge in [0.15, 0.2) is 52.9 Å². The Kier molecular flexibility index (Phi) is 39.4. The third-order valence-corrected chi connectivity index (χ3v) is 18.9. The monoisotopic (exact) mass is 1720 g/mol. The minimum absolute atomic E-state index is 0.00768. The molecule has 124 heavy (non-hydrogen) atoms. The van der Waals surface area contributed by atoms with Gasteiger partial charge in [0.25, 0.3) is 0 Å². The molecule has 4 aromatic carbocycles. The smallest absolute Gasteiger partial charge is 0.344 e. The van der Waals surface area contributed by atoms with Crippen molar-refractivity contribution < 1.29 is 133 Å². The van der Waals surface area contributed by atoms with Crippen LogP contribution in [-0.2, 0) is 76.3 Å². The molecule has 0 N–H and O–H groups in total. The van der Waals surface area contributed by atoms with Crippen LogP contribution in [-0.4, -0.2) is 200 Å². The molecule has 9 rings (SSSR count). The van der Waals surface area contributed by atoms with Gasteiger partial charge in [0.2, 0.25) is 0 Å². The fraction of sp³-hybridized carbons (Fsp3) is 0.435. The molecule has 1 aliphatic carbocycles. The number of carbonyl (C=O) groups excluding carboxylic acids is 8. The van der Waals surface area contributed by atoms with Crippen molar-refractivity contribution in [2.24, 2.45) is 0 Å². The van der Waals surface area contributed by atoms with Crippen LogP contribution >= 0.6 is 0 Å². The lowest BCUT2D eigenvalue weighted by Gasteiger charge is -2.32. The number of aromatic nitrogens is 4. The Morgan fingerprint density at radius 1 is 0.234 bits per heavy atom. The van der Waals surface area contributed by atoms with E-state index in [0.29, 0.717) is 67.5 Å². The average Bonchev–Trinajstić information content (AvgIpc) is 0.742. The van der Waals surface area contributed by atoms with Gasteiger partial charge in [0.1, 0.15) is 69.0 Å². The van der Waals surface area contributed by atoms with E-state index >= 15 is 0 Å². The highest BCUT2D eigenvalue weighted by molar-refractivity contribution is 5.76. The summed E-state index contributed by atoms with van der Waals surface area (Å²) in [5, 5.41) is 0. The van der Waals surface area contributed by atoms with Crippen molar-refractivity contribution in [3.05, 3.63) is 191 Å². The van der Waals surface area contributed by atoms with Crippen molar-refractivity contribution in [1.29, 1.82) is 0 Å². The van der Waals surface area contributed by atoms with Gasteiger partial charge in [0, 0.05) is 117 Å². The quantitative estimate of drug-likeness (QED) is 0.0194. The summed E-state index contributed by atoms with van der Waals surface area (Å²) in [6.07, 6.45) is 13.8. The minimum Gasteiger partial charge on any atom is -0.492 e. The largest absolute Gasteiger partial charge is 0.492 e. The molecule has 0 spiro atoms. The van der Waals surface area contributed by atoms with Crippen LogP contribution in [0.1, 0.15) is 175 Å². The van der Waals surface area contributed by atoms with Gasteiger partial charge in [0.05, 0.1) is 104 Å². The zero-order valence-electron chi connectivity index (χ0n) is 71.2. The summed E-state index contributed by atoms with van der Waals surface area (Å²) in [4.78, 5) is 129. The molecule has 0 atom stereocenters. The first kappa shape index (κ1) is 94.7. The van der Waals surface area contributed by atoms with Gasteiger partial charge in [-0.15, -0.1) is 0 Å². The topological polar surface area (TPSA) is 373 Å². The molecule has 0 saturated carbocycles. The summed E-state index contributed by atoms with van der Waals surface area (Å²) in [5.41, 5.74) is 2.45. The maximum absolute atomic E-state index is 14.0. The zero-order chi connectivity index (χ0) is 88.2. The number of esters is 8. The molecule has 8 aromatic rings. The number of pyridine rings is 4. The van der Waals surface area contributed by atoms with Crippen LogP contribution in [0.25, 0.3) is 0 Å². The molecule has 32 heteroatoms. The highest BCUT2D eigenvalue weighted by Crippen LogP contribution is 2.54. The maximum atomic E-state index is 14.0. The third kappa shape index (κ3) is 29.6. The number of carbonyl (C=O) groups is 8. The minimum atomic E-state index is -1.08. The zero-order valence-corrected chi connectivity index (χ0v) is 71.2. The van der Waals surface area contributed by atoms with Crippen molar-refractivity contribution in [2.75, 3.05) is 132 Å². The van der Waals surface area contributed by atoms with E-state index in [-0.39, 0.29) is 177 Å². The summed E-state index contributed by atoms with van der Waals surface area (Å²) in [6.45, 7) is 7.45. The van der Waals surface area contributed by atoms with Crippen LogP contribution in [0.4, 0.5) is 0 Å². The molecule has 0 unspecified atom stereocenters. The molecule has 664 valence electrons. The summed E-state index contributed by atoms with van der Waals surface area (Å²) in [7, 11) is 0. The number of nitrogens with zero attached hydrogens (tertiary/aromatic N) is 4. The fourth-order valence-corrected chi connectivity index (χ4v) is 13.8. The molecule has 4 aromatic heterocycles. The van der Waals surface area contributed by atoms with Gasteiger partial charge in [-0.2, -0.15) is 0 Å². The first-order chi connectivity index (χ1) is 60.5. The van der Waals surface area contributed by atoms with E-state index in [9.17, 15) is 38.4 Å². The van der Waals surface area contributed by atoms with Gasteiger partial charge in [-0.3, -0.25) is 19.9 Å². The standard InChI is InChI=1S/C92H108N4O28/c1-9-105-85(97)53-117-77-45-78(118-54-86(98)106-10-2)70-41-69(77)65(29-21-37-113-61-25-17-33-93-49-61)71-42-72(80(120-56-88(100)108-12-4)46-79(71)119-55-87(99)107-11-3)67(31-23-39-115-63-27-19-35-95-51-63)75-44-76(84(124-60-92(104)112-16-8)48-83(75)123-59-91(103)111-15-7)68(32-24-40-116-64-28-20-36-96-52-64)74-43-73(66(70)30-22-38-114-62-26-18-34-94-50-62)81(121-57-89(101)109-13-5)47-82(74)122-58-90(102)110-14-6/h17-20,25-28,33-36,41-52,65-68H,9-16,21-24,29-32,37-40,53-60H2,1-8H3. The first-order valence-corrected chi connectivity index (χ1v) is 41.6. The van der Waals surface area contributed by atoms with Crippen LogP contribution in [0.2, 0.25) is 0 Å². The second kappa shape index (κ2) is 51.6. The SMILES string of the molecule is CCOC(=O)COc1cc(OCC(=O)OCC)c2cc1C(CCCOc1cccnc1)c1cc(c(OCC(=O)OCC)cc1OCC(=O)OCC)C(CCCOc1cccnc1)c1cc(c(OCC(=O)OCC)cc1OCC(=O)OCC)C(CCCOc1cccnc1)c1cc(c(OCC(=O)OCC)cc1OCC(=O)OCC)C2CCCOc1cccnc1. The molecule has 32 nitrogen and oxygen atoms in total. The predicted molar refractivity (Wildman–Crippen MR) is 446 cm³/mol. The van der Waals surface area contributed by atoms with Gasteiger partial charge in [-0.25, -0.2) is 38.4 Å². The van der Waals surface area contributed by atoms with Crippen LogP contribution < -0.4 is 56.8 Å². The lowest BCUT2D eigenvalue weighted by atomic mass is 9.76. The highest BCUT2D eigenvalue weighted by atomic mass is 16.6. The number of ether oxygens (including phenoxy) is 20. The van der Waals surface area contributed by atoms with Gasteiger partial charge < -0.3 is 94.7 Å². The first-order valence-electron chi connectivity index (χ1n) is 41.6. The molecule has 8 bridgehead atoms. The molecular weight excluding hydrogens is 1610 g/mol. The lowest BCUT2D eigenvalue weighted by Crippen LogP contribution is -2.22. The summed E-state index contributed by atoms with van der Waals surface area (Å²) in [6, 6.07) is 27.3. The van der Waals surface area contributed by atoms with Crippen LogP contribution in [0.3, 0.4) is 0 Å². The second-order valence-electron chi connectivity index (χ2n) is 27.4. The van der Waals surface area contributed by atoms with Gasteiger partial charge in [-0.1, -0.05) is 0 Å². The predicted octanol–water partition coefficient (Wildman–Crippen LogP) is 13.1. The van der Waals surface area contributed by atoms with E-state index in [4.69, 9.17) is 94.7 Å². The van der Waals surface area contributed by atoms with Crippen LogP contribution in [0.5, 0.6) is 69.0 Å². The maximum Gasteiger partial charge on any atom is 0.344 e. The Bertz CT molecular complexity index is 3950. The Labute approximate surface area is 720 Å². The molecule has 0 saturated heterocycles. The number of benzene rings is 4. The van der Waals surface area contributed by atoms with Crippen molar-refractivity contribution in [2.45, 2.75) is 130 Å². The number of rotatable bonds is 52. The van der Waals surface area contributed by atoms with Crippen molar-refractivity contribution in [3.8, 4) is 69.0 Å². The fourth-order valence-electron chi connectivity index (χ4n) is 13.8. The summed E-state index contributed by atoms with van der Waals surface area (Å²) in [5.74, 6) is -8.82. The van der Waals surface area contributed by atoms with Crippen molar-refractivity contribution >= 4 is 47.8 Å². The molecular formula is C92H108N4O28. The van der Waals surface area contributed by atoms with E-state index < -0.39 is 124 Å². The molecule has 1 aliphatic rings. The number of hydrogen-bond acceptors (Lipinski definition) is 32. The normalized spacial score (nSPS) is 13.7. The molecule has 0 radical (unpaired) electrons. The van der Waals surface area contributed by atoms with Crippen LogP contribution in [0.15, 0.2) is 147 Å². The molecule has 4 heterocycles. The van der Waals surface area contributed by atoms with E-state index in [1.54, 1.807) is 202 Å². The Balaban J connectivity index is 1.56. The van der Waals surface area contributed by atoms with Crippen LogP contribution in [0, 0.1) is 0 Å². The third-order valence-electron chi connectivity index (χ3n) is 18.9. The van der Waals surface area contributed by atoms with E-state index in [2.05, 4.69) is 19.9 Å². The molecule has 0 fully saturated rings. The number of fused-ring (bicyclic) bond motifs is 8. The van der Waals surface area contributed by atoms with Gasteiger partial charge in [-0.05, 0) is 180 Å². The Morgan fingerprint density at radius 2 is 0.395 bits per heavy atom. The van der Waals surface area contributed by atoms with E-state index in [1.165, 1.54) is 0 Å². The molecule has 0 aliphatic heterocycles.